The van der Waals surface area contributed by atoms with E-state index in [-0.39, 0.29) is 17.1 Å². The maximum atomic E-state index is 12.1. The molecule has 2 aromatic carbocycles. The molecule has 2 rings (SSSR count). The molecule has 0 saturated carbocycles. The number of amides is 1. The minimum Gasteiger partial charge on any atom is -0.384 e. The lowest BCUT2D eigenvalue weighted by Crippen LogP contribution is -2.19. The molecule has 4 nitrogen and oxygen atoms in total. The van der Waals surface area contributed by atoms with Gasteiger partial charge in [0.1, 0.15) is 0 Å². The molecular formula is C21H26N2O2. The molecule has 25 heavy (non-hydrogen) atoms. The summed E-state index contributed by atoms with van der Waals surface area (Å²) in [5.41, 5.74) is 3.56. The van der Waals surface area contributed by atoms with Crippen LogP contribution in [0.15, 0.2) is 48.5 Å². The third-order valence-electron chi connectivity index (χ3n) is 3.96. The molecular weight excluding hydrogens is 312 g/mol. The minimum atomic E-state index is -0.0820. The van der Waals surface area contributed by atoms with E-state index in [4.69, 9.17) is 0 Å². The van der Waals surface area contributed by atoms with Crippen LogP contribution in [0.2, 0.25) is 0 Å². The predicted molar refractivity (Wildman–Crippen MR) is 103 cm³/mol. The number of benzene rings is 2. The van der Waals surface area contributed by atoms with Gasteiger partial charge in [-0.15, -0.1) is 0 Å². The second-order valence-electron chi connectivity index (χ2n) is 7.16. The van der Waals surface area contributed by atoms with E-state index in [1.54, 1.807) is 24.3 Å². The number of carbonyl (C=O) groups is 2. The maximum Gasteiger partial charge on any atom is 0.226 e. The van der Waals surface area contributed by atoms with Gasteiger partial charge in [-0.2, -0.15) is 0 Å². The fourth-order valence-corrected chi connectivity index (χ4v) is 2.64. The zero-order valence-corrected chi connectivity index (χ0v) is 15.3. The van der Waals surface area contributed by atoms with E-state index in [0.717, 1.165) is 5.69 Å². The van der Waals surface area contributed by atoms with Crippen LogP contribution in [0.1, 0.15) is 50.0 Å². The second-order valence-corrected chi connectivity index (χ2v) is 7.16. The first-order valence-electron chi connectivity index (χ1n) is 8.51. The molecule has 0 aliphatic carbocycles. The summed E-state index contributed by atoms with van der Waals surface area (Å²) in [5.74, 6) is -0.0991. The molecule has 1 amide bonds. The number of rotatable bonds is 6. The average molecular weight is 338 g/mol. The SMILES string of the molecule is CC(=O)c1cccc(NC(=O)CCNc2ccccc2C(C)(C)C)c1. The lowest BCUT2D eigenvalue weighted by molar-refractivity contribution is -0.115. The smallest absolute Gasteiger partial charge is 0.226 e. The van der Waals surface area contributed by atoms with Crippen LogP contribution >= 0.6 is 0 Å². The van der Waals surface area contributed by atoms with Crippen LogP contribution in [0.25, 0.3) is 0 Å². The fourth-order valence-electron chi connectivity index (χ4n) is 2.64. The van der Waals surface area contributed by atoms with Crippen molar-refractivity contribution in [3.8, 4) is 0 Å². The van der Waals surface area contributed by atoms with Crippen LogP contribution in [0.4, 0.5) is 11.4 Å². The lowest BCUT2D eigenvalue weighted by atomic mass is 9.86. The van der Waals surface area contributed by atoms with Crippen molar-refractivity contribution in [1.82, 2.24) is 0 Å². The highest BCUT2D eigenvalue weighted by Gasteiger charge is 2.17. The Hall–Kier alpha value is -2.62. The van der Waals surface area contributed by atoms with Gasteiger partial charge in [-0.25, -0.2) is 0 Å². The highest BCUT2D eigenvalue weighted by atomic mass is 16.1. The van der Waals surface area contributed by atoms with Crippen LogP contribution in [0, 0.1) is 0 Å². The molecule has 0 fully saturated rings. The number of ketones is 1. The maximum absolute atomic E-state index is 12.1. The Morgan fingerprint density at radius 2 is 1.72 bits per heavy atom. The highest BCUT2D eigenvalue weighted by molar-refractivity contribution is 5.97. The van der Waals surface area contributed by atoms with Crippen LogP contribution in [-0.2, 0) is 10.2 Å². The molecule has 132 valence electrons. The van der Waals surface area contributed by atoms with E-state index in [2.05, 4.69) is 37.5 Å². The fraction of sp³-hybridized carbons (Fsp3) is 0.333. The van der Waals surface area contributed by atoms with Gasteiger partial charge < -0.3 is 10.6 Å². The van der Waals surface area contributed by atoms with Gasteiger partial charge in [0.25, 0.3) is 0 Å². The van der Waals surface area contributed by atoms with Crippen molar-refractivity contribution in [2.45, 2.75) is 39.5 Å². The van der Waals surface area contributed by atoms with Crippen molar-refractivity contribution in [1.29, 1.82) is 0 Å². The van der Waals surface area contributed by atoms with Gasteiger partial charge in [0.15, 0.2) is 5.78 Å². The van der Waals surface area contributed by atoms with Crippen LogP contribution in [0.5, 0.6) is 0 Å². The Balaban J connectivity index is 1.91. The van der Waals surface area contributed by atoms with Crippen molar-refractivity contribution >= 4 is 23.1 Å². The van der Waals surface area contributed by atoms with Crippen molar-refractivity contribution in [2.24, 2.45) is 0 Å². The van der Waals surface area contributed by atoms with Gasteiger partial charge >= 0.3 is 0 Å². The lowest BCUT2D eigenvalue weighted by Gasteiger charge is -2.23. The number of hydrogen-bond acceptors (Lipinski definition) is 3. The molecule has 0 aliphatic heterocycles. The van der Waals surface area contributed by atoms with E-state index in [1.807, 2.05) is 18.2 Å². The summed E-state index contributed by atoms with van der Waals surface area (Å²) >= 11 is 0. The van der Waals surface area contributed by atoms with Gasteiger partial charge in [-0.3, -0.25) is 9.59 Å². The van der Waals surface area contributed by atoms with Gasteiger partial charge in [0.2, 0.25) is 5.91 Å². The highest BCUT2D eigenvalue weighted by Crippen LogP contribution is 2.29. The van der Waals surface area contributed by atoms with Gasteiger partial charge in [0, 0.05) is 29.9 Å². The summed E-state index contributed by atoms with van der Waals surface area (Å²) in [6.07, 6.45) is 0.350. The summed E-state index contributed by atoms with van der Waals surface area (Å²) in [6, 6.07) is 15.2. The van der Waals surface area contributed by atoms with Gasteiger partial charge in [0.05, 0.1) is 0 Å². The number of Topliss-reactive ketones (excluding diaryl/α,β-unsaturated/α-hetero) is 1. The summed E-state index contributed by atoms with van der Waals surface area (Å²) in [7, 11) is 0. The molecule has 0 radical (unpaired) electrons. The zero-order chi connectivity index (χ0) is 18.4. The number of para-hydroxylation sites is 1. The monoisotopic (exact) mass is 338 g/mol. The molecule has 0 bridgehead atoms. The molecule has 0 saturated heterocycles. The molecule has 2 N–H and O–H groups in total. The third-order valence-corrected chi connectivity index (χ3v) is 3.96. The molecule has 0 unspecified atom stereocenters. The molecule has 0 spiro atoms. The summed E-state index contributed by atoms with van der Waals surface area (Å²) in [4.78, 5) is 23.5. The number of anilines is 2. The number of nitrogens with one attached hydrogen (secondary N) is 2. The molecule has 0 aromatic heterocycles. The second kappa shape index (κ2) is 7.97. The standard InChI is InChI=1S/C21H26N2O2/c1-15(24)16-8-7-9-17(14-16)23-20(25)12-13-22-19-11-6-5-10-18(19)21(2,3)4/h5-11,14,22H,12-13H2,1-4H3,(H,23,25). The van der Waals surface area contributed by atoms with E-state index < -0.39 is 0 Å². The van der Waals surface area contributed by atoms with Crippen molar-refractivity contribution in [2.75, 3.05) is 17.2 Å². The van der Waals surface area contributed by atoms with E-state index in [1.165, 1.54) is 12.5 Å². The Morgan fingerprint density at radius 3 is 2.40 bits per heavy atom. The first kappa shape index (κ1) is 18.7. The number of carbonyl (C=O) groups excluding carboxylic acids is 2. The Bertz CT molecular complexity index is 760. The van der Waals surface area contributed by atoms with Gasteiger partial charge in [-0.05, 0) is 36.1 Å². The summed E-state index contributed by atoms with van der Waals surface area (Å²) in [5, 5.41) is 6.19. The van der Waals surface area contributed by atoms with Crippen LogP contribution < -0.4 is 10.6 Å². The molecule has 0 heterocycles. The molecule has 0 atom stereocenters. The largest absolute Gasteiger partial charge is 0.384 e. The van der Waals surface area contributed by atoms with Crippen LogP contribution in [-0.4, -0.2) is 18.2 Å². The molecule has 0 aliphatic rings. The number of hydrogen-bond donors (Lipinski definition) is 2. The average Bonchev–Trinajstić information content (AvgIpc) is 2.54. The van der Waals surface area contributed by atoms with Crippen molar-refractivity contribution in [3.05, 3.63) is 59.7 Å². The third kappa shape index (κ3) is 5.45. The zero-order valence-electron chi connectivity index (χ0n) is 15.3. The van der Waals surface area contributed by atoms with Gasteiger partial charge in [-0.1, -0.05) is 51.1 Å². The Morgan fingerprint density at radius 1 is 1.00 bits per heavy atom. The minimum absolute atomic E-state index is 0.0171. The van der Waals surface area contributed by atoms with Crippen molar-refractivity contribution < 1.29 is 9.59 Å². The van der Waals surface area contributed by atoms with E-state index >= 15 is 0 Å². The van der Waals surface area contributed by atoms with Crippen molar-refractivity contribution in [3.63, 3.8) is 0 Å². The Labute approximate surface area is 149 Å². The van der Waals surface area contributed by atoms with Crippen LogP contribution in [0.3, 0.4) is 0 Å². The van der Waals surface area contributed by atoms with E-state index in [9.17, 15) is 9.59 Å². The van der Waals surface area contributed by atoms with E-state index in [0.29, 0.717) is 24.2 Å². The first-order chi connectivity index (χ1) is 11.8. The molecule has 4 heteroatoms. The molecule has 2 aromatic rings. The summed E-state index contributed by atoms with van der Waals surface area (Å²) < 4.78 is 0. The first-order valence-corrected chi connectivity index (χ1v) is 8.51. The topological polar surface area (TPSA) is 58.2 Å². The predicted octanol–water partition coefficient (Wildman–Crippen LogP) is 4.63. The normalized spacial score (nSPS) is 11.0. The quantitative estimate of drug-likeness (QED) is 0.755. The summed E-state index contributed by atoms with van der Waals surface area (Å²) in [6.45, 7) is 8.57. The Kier molecular flexibility index (Phi) is 5.97.